The van der Waals surface area contributed by atoms with E-state index in [2.05, 4.69) is 15.6 Å². The van der Waals surface area contributed by atoms with Crippen LogP contribution in [0.3, 0.4) is 0 Å². The third-order valence-corrected chi connectivity index (χ3v) is 4.08. The summed E-state index contributed by atoms with van der Waals surface area (Å²) in [7, 11) is 0. The topological polar surface area (TPSA) is 80.3 Å². The van der Waals surface area contributed by atoms with Crippen molar-refractivity contribution >= 4 is 11.8 Å². The normalized spacial score (nSPS) is 17.1. The van der Waals surface area contributed by atoms with Gasteiger partial charge in [0.25, 0.3) is 0 Å². The molecule has 2 N–H and O–H groups in total. The van der Waals surface area contributed by atoms with E-state index in [0.29, 0.717) is 31.0 Å². The molecular formula is C19H20FN3O3. The lowest BCUT2D eigenvalue weighted by atomic mass is 10.1. The maximum Gasteiger partial charge on any atom is 0.242 e. The lowest BCUT2D eigenvalue weighted by Crippen LogP contribution is -2.45. The summed E-state index contributed by atoms with van der Waals surface area (Å²) in [5.41, 5.74) is 0.796. The fraction of sp³-hybridized carbons (Fsp3) is 0.316. The Balaban J connectivity index is 1.52. The molecule has 1 aliphatic heterocycles. The minimum absolute atomic E-state index is 0.0804. The number of nitrogens with one attached hydrogen (secondary N) is 2. The highest BCUT2D eigenvalue weighted by Crippen LogP contribution is 2.20. The monoisotopic (exact) mass is 357 g/mol. The average Bonchev–Trinajstić information content (AvgIpc) is 2.85. The van der Waals surface area contributed by atoms with Crippen LogP contribution in [0.4, 0.5) is 4.39 Å². The van der Waals surface area contributed by atoms with Gasteiger partial charge in [0.1, 0.15) is 17.6 Å². The maximum absolute atomic E-state index is 13.1. The van der Waals surface area contributed by atoms with Crippen LogP contribution in [0.15, 0.2) is 42.6 Å². The average molecular weight is 357 g/mol. The van der Waals surface area contributed by atoms with Gasteiger partial charge in [-0.25, -0.2) is 9.37 Å². The standard InChI is InChI=1S/C19H20FN3O3/c20-14-4-3-5-15(10-14)26-18-9-8-13(11-21-18)12-22-19(25)16-6-1-2-7-17(24)23-16/h3-5,8-11,16H,1-2,6-7,12H2,(H,22,25)(H,23,24). The molecule has 0 bridgehead atoms. The zero-order valence-electron chi connectivity index (χ0n) is 14.2. The predicted octanol–water partition coefficient (Wildman–Crippen LogP) is 2.69. The van der Waals surface area contributed by atoms with Gasteiger partial charge < -0.3 is 15.4 Å². The van der Waals surface area contributed by atoms with Crippen molar-refractivity contribution in [3.05, 3.63) is 54.0 Å². The fourth-order valence-corrected chi connectivity index (χ4v) is 2.71. The van der Waals surface area contributed by atoms with Crippen LogP contribution < -0.4 is 15.4 Å². The Kier molecular flexibility index (Phi) is 5.78. The van der Waals surface area contributed by atoms with Gasteiger partial charge >= 0.3 is 0 Å². The van der Waals surface area contributed by atoms with Gasteiger partial charge in [-0.05, 0) is 30.5 Å². The summed E-state index contributed by atoms with van der Waals surface area (Å²) in [4.78, 5) is 27.9. The summed E-state index contributed by atoms with van der Waals surface area (Å²) in [6.45, 7) is 0.304. The minimum atomic E-state index is -0.478. The van der Waals surface area contributed by atoms with E-state index in [1.54, 1.807) is 30.5 Å². The van der Waals surface area contributed by atoms with Crippen LogP contribution in [0.25, 0.3) is 0 Å². The second-order valence-corrected chi connectivity index (χ2v) is 6.15. The van der Waals surface area contributed by atoms with Gasteiger partial charge in [-0.3, -0.25) is 9.59 Å². The van der Waals surface area contributed by atoms with Crippen LogP contribution in [0, 0.1) is 5.82 Å². The van der Waals surface area contributed by atoms with E-state index in [-0.39, 0.29) is 17.6 Å². The highest BCUT2D eigenvalue weighted by atomic mass is 19.1. The molecule has 1 aromatic carbocycles. The van der Waals surface area contributed by atoms with Crippen LogP contribution in [0.1, 0.15) is 31.2 Å². The lowest BCUT2D eigenvalue weighted by Gasteiger charge is -2.15. The number of carbonyl (C=O) groups excluding carboxylic acids is 2. The first kappa shape index (κ1) is 17.8. The van der Waals surface area contributed by atoms with Crippen LogP contribution in [-0.4, -0.2) is 22.8 Å². The molecule has 1 saturated heterocycles. The molecule has 0 radical (unpaired) electrons. The Labute approximate surface area is 150 Å². The zero-order chi connectivity index (χ0) is 18.4. The number of benzene rings is 1. The van der Waals surface area contributed by atoms with Crippen molar-refractivity contribution in [2.75, 3.05) is 0 Å². The summed E-state index contributed by atoms with van der Waals surface area (Å²) in [5.74, 6) is 0.0420. The molecule has 2 heterocycles. The third-order valence-electron chi connectivity index (χ3n) is 4.08. The molecule has 2 aromatic rings. The zero-order valence-corrected chi connectivity index (χ0v) is 14.2. The smallest absolute Gasteiger partial charge is 0.242 e. The highest BCUT2D eigenvalue weighted by molar-refractivity contribution is 5.87. The highest BCUT2D eigenvalue weighted by Gasteiger charge is 2.22. The third kappa shape index (κ3) is 5.02. The molecule has 2 amide bonds. The second-order valence-electron chi connectivity index (χ2n) is 6.15. The van der Waals surface area contributed by atoms with Gasteiger partial charge in [0, 0.05) is 31.3 Å². The molecule has 3 rings (SSSR count). The Morgan fingerprint density at radius 2 is 2.19 bits per heavy atom. The number of halogens is 1. The molecule has 26 heavy (non-hydrogen) atoms. The van der Waals surface area contributed by atoms with Crippen molar-refractivity contribution in [2.45, 2.75) is 38.3 Å². The van der Waals surface area contributed by atoms with E-state index in [1.165, 1.54) is 12.1 Å². The van der Waals surface area contributed by atoms with E-state index in [9.17, 15) is 14.0 Å². The number of hydrogen-bond acceptors (Lipinski definition) is 4. The number of hydrogen-bond donors (Lipinski definition) is 2. The van der Waals surface area contributed by atoms with Gasteiger partial charge in [-0.2, -0.15) is 0 Å². The van der Waals surface area contributed by atoms with Crippen molar-refractivity contribution in [1.82, 2.24) is 15.6 Å². The molecule has 0 saturated carbocycles. The first-order chi connectivity index (χ1) is 12.6. The molecule has 6 nitrogen and oxygen atoms in total. The minimum Gasteiger partial charge on any atom is -0.439 e. The number of carbonyl (C=O) groups is 2. The second kappa shape index (κ2) is 8.42. The van der Waals surface area contributed by atoms with Gasteiger partial charge in [-0.15, -0.1) is 0 Å². The largest absolute Gasteiger partial charge is 0.439 e. The molecule has 7 heteroatoms. The SMILES string of the molecule is O=C1CCCCC(C(=O)NCc2ccc(Oc3cccc(F)c3)nc2)N1. The first-order valence-corrected chi connectivity index (χ1v) is 8.55. The fourth-order valence-electron chi connectivity index (χ4n) is 2.71. The molecule has 0 aliphatic carbocycles. The number of aromatic nitrogens is 1. The van der Waals surface area contributed by atoms with Crippen LogP contribution in [-0.2, 0) is 16.1 Å². The molecule has 1 aliphatic rings. The van der Waals surface area contributed by atoms with E-state index in [0.717, 1.165) is 18.4 Å². The van der Waals surface area contributed by atoms with Gasteiger partial charge in [0.05, 0.1) is 0 Å². The van der Waals surface area contributed by atoms with E-state index in [1.807, 2.05) is 0 Å². The molecule has 1 fully saturated rings. The summed E-state index contributed by atoms with van der Waals surface area (Å²) < 4.78 is 18.6. The summed E-state index contributed by atoms with van der Waals surface area (Å²) in [6, 6.07) is 8.75. The summed E-state index contributed by atoms with van der Waals surface area (Å²) >= 11 is 0. The lowest BCUT2D eigenvalue weighted by molar-refractivity contribution is -0.128. The molecule has 136 valence electrons. The molecule has 1 unspecified atom stereocenters. The number of nitrogens with zero attached hydrogens (tertiary/aromatic N) is 1. The van der Waals surface area contributed by atoms with Crippen molar-refractivity contribution in [3.8, 4) is 11.6 Å². The predicted molar refractivity (Wildman–Crippen MR) is 93.0 cm³/mol. The summed E-state index contributed by atoms with van der Waals surface area (Å²) in [5, 5.41) is 5.55. The molecule has 1 aromatic heterocycles. The molecular weight excluding hydrogens is 337 g/mol. The Morgan fingerprint density at radius 3 is 2.96 bits per heavy atom. The van der Waals surface area contributed by atoms with Crippen molar-refractivity contribution in [1.29, 1.82) is 0 Å². The number of ether oxygens (including phenoxy) is 1. The van der Waals surface area contributed by atoms with Crippen LogP contribution >= 0.6 is 0 Å². The van der Waals surface area contributed by atoms with E-state index >= 15 is 0 Å². The van der Waals surface area contributed by atoms with Gasteiger partial charge in [0.2, 0.25) is 17.7 Å². The quantitative estimate of drug-likeness (QED) is 0.862. The maximum atomic E-state index is 13.1. The first-order valence-electron chi connectivity index (χ1n) is 8.55. The van der Waals surface area contributed by atoms with Crippen molar-refractivity contribution in [3.63, 3.8) is 0 Å². The number of amides is 2. The summed E-state index contributed by atoms with van der Waals surface area (Å²) in [6.07, 6.45) is 4.37. The number of pyridine rings is 1. The van der Waals surface area contributed by atoms with Crippen molar-refractivity contribution in [2.24, 2.45) is 0 Å². The van der Waals surface area contributed by atoms with Gasteiger partial charge in [-0.1, -0.05) is 18.6 Å². The van der Waals surface area contributed by atoms with Crippen LogP contribution in [0.2, 0.25) is 0 Å². The van der Waals surface area contributed by atoms with Gasteiger partial charge in [0.15, 0.2) is 0 Å². The number of rotatable bonds is 5. The Bertz CT molecular complexity index is 780. The van der Waals surface area contributed by atoms with Crippen molar-refractivity contribution < 1.29 is 18.7 Å². The van der Waals surface area contributed by atoms with E-state index < -0.39 is 6.04 Å². The molecule has 0 spiro atoms. The van der Waals surface area contributed by atoms with Crippen LogP contribution in [0.5, 0.6) is 11.6 Å². The molecule has 1 atom stereocenters. The Hall–Kier alpha value is -2.96. The van der Waals surface area contributed by atoms with E-state index in [4.69, 9.17) is 4.74 Å². The Morgan fingerprint density at radius 1 is 1.31 bits per heavy atom.